The first kappa shape index (κ1) is 16.0. The van der Waals surface area contributed by atoms with Crippen molar-refractivity contribution >= 4 is 27.5 Å². The standard InChI is InChI=1S/C16H22BrClO2/c1-10-4-11(2)6-13(5-10)20-16-14(18)7-12(9-17)8-15(16)19-3/h7-8,10-11,13H,4-6,9H2,1-3H3. The summed E-state index contributed by atoms with van der Waals surface area (Å²) in [6, 6.07) is 3.91. The molecule has 0 heterocycles. The molecular formula is C16H22BrClO2. The second kappa shape index (κ2) is 7.04. The van der Waals surface area contributed by atoms with E-state index < -0.39 is 0 Å². The summed E-state index contributed by atoms with van der Waals surface area (Å²) in [5.41, 5.74) is 1.09. The molecule has 2 unspecified atom stereocenters. The predicted octanol–water partition coefficient (Wildman–Crippen LogP) is 5.45. The highest BCUT2D eigenvalue weighted by molar-refractivity contribution is 9.08. The van der Waals surface area contributed by atoms with Gasteiger partial charge in [-0.15, -0.1) is 0 Å². The summed E-state index contributed by atoms with van der Waals surface area (Å²) in [6.45, 7) is 4.58. The zero-order valence-corrected chi connectivity index (χ0v) is 14.6. The Morgan fingerprint density at radius 2 is 1.85 bits per heavy atom. The number of halogens is 2. The summed E-state index contributed by atoms with van der Waals surface area (Å²) in [7, 11) is 1.66. The van der Waals surface area contributed by atoms with Gasteiger partial charge in [-0.05, 0) is 48.8 Å². The number of ether oxygens (including phenoxy) is 2. The Bertz CT molecular complexity index is 454. The lowest BCUT2D eigenvalue weighted by Gasteiger charge is -2.32. The third-order valence-corrected chi connectivity index (χ3v) is 4.79. The molecule has 1 aliphatic carbocycles. The molecule has 20 heavy (non-hydrogen) atoms. The number of methoxy groups -OCH3 is 1. The van der Waals surface area contributed by atoms with Crippen molar-refractivity contribution in [1.29, 1.82) is 0 Å². The molecule has 0 spiro atoms. The molecule has 1 saturated carbocycles. The van der Waals surface area contributed by atoms with Crippen LogP contribution in [0.25, 0.3) is 0 Å². The number of alkyl halides is 1. The van der Waals surface area contributed by atoms with Gasteiger partial charge in [0.2, 0.25) is 0 Å². The lowest BCUT2D eigenvalue weighted by atomic mass is 9.82. The minimum atomic E-state index is 0.231. The Morgan fingerprint density at radius 1 is 1.20 bits per heavy atom. The zero-order chi connectivity index (χ0) is 14.7. The Hall–Kier alpha value is -0.410. The summed E-state index contributed by atoms with van der Waals surface area (Å²) in [6.07, 6.45) is 3.69. The maximum absolute atomic E-state index is 6.36. The van der Waals surface area contributed by atoms with Crippen LogP contribution in [0, 0.1) is 11.8 Å². The highest BCUT2D eigenvalue weighted by Gasteiger charge is 2.27. The highest BCUT2D eigenvalue weighted by atomic mass is 79.9. The van der Waals surface area contributed by atoms with Gasteiger partial charge in [-0.25, -0.2) is 0 Å². The fourth-order valence-corrected chi connectivity index (χ4v) is 3.70. The van der Waals surface area contributed by atoms with Crippen LogP contribution >= 0.6 is 27.5 Å². The fourth-order valence-electron chi connectivity index (χ4n) is 3.10. The highest BCUT2D eigenvalue weighted by Crippen LogP contribution is 2.40. The van der Waals surface area contributed by atoms with E-state index in [-0.39, 0.29) is 6.10 Å². The monoisotopic (exact) mass is 360 g/mol. The van der Waals surface area contributed by atoms with Gasteiger partial charge in [-0.2, -0.15) is 0 Å². The lowest BCUT2D eigenvalue weighted by molar-refractivity contribution is 0.0980. The van der Waals surface area contributed by atoms with Gasteiger partial charge in [0.15, 0.2) is 11.5 Å². The molecule has 2 atom stereocenters. The Labute approximate surface area is 134 Å². The molecule has 0 saturated heterocycles. The van der Waals surface area contributed by atoms with E-state index >= 15 is 0 Å². The molecule has 0 amide bonds. The Balaban J connectivity index is 2.20. The van der Waals surface area contributed by atoms with Gasteiger partial charge in [-0.3, -0.25) is 0 Å². The van der Waals surface area contributed by atoms with E-state index in [2.05, 4.69) is 29.8 Å². The first-order valence-electron chi connectivity index (χ1n) is 7.12. The second-order valence-electron chi connectivity index (χ2n) is 5.90. The Kier molecular flexibility index (Phi) is 5.62. The predicted molar refractivity (Wildman–Crippen MR) is 87.2 cm³/mol. The van der Waals surface area contributed by atoms with Crippen LogP contribution in [-0.2, 0) is 5.33 Å². The molecular weight excluding hydrogens is 340 g/mol. The second-order valence-corrected chi connectivity index (χ2v) is 6.87. The van der Waals surface area contributed by atoms with E-state index in [9.17, 15) is 0 Å². The normalized spacial score (nSPS) is 26.4. The summed E-state index contributed by atoms with van der Waals surface area (Å²) in [5, 5.41) is 1.38. The van der Waals surface area contributed by atoms with Crippen molar-refractivity contribution in [3.05, 3.63) is 22.7 Å². The van der Waals surface area contributed by atoms with Crippen molar-refractivity contribution in [3.8, 4) is 11.5 Å². The molecule has 0 aliphatic heterocycles. The van der Waals surface area contributed by atoms with Crippen LogP contribution in [0.3, 0.4) is 0 Å². The molecule has 112 valence electrons. The largest absolute Gasteiger partial charge is 0.493 e. The van der Waals surface area contributed by atoms with E-state index in [1.807, 2.05) is 12.1 Å². The van der Waals surface area contributed by atoms with Crippen molar-refractivity contribution in [2.75, 3.05) is 7.11 Å². The van der Waals surface area contributed by atoms with Crippen LogP contribution in [0.1, 0.15) is 38.7 Å². The summed E-state index contributed by atoms with van der Waals surface area (Å²) in [5.74, 6) is 2.81. The van der Waals surface area contributed by atoms with E-state index in [1.54, 1.807) is 7.11 Å². The first-order chi connectivity index (χ1) is 9.53. The van der Waals surface area contributed by atoms with Crippen molar-refractivity contribution in [3.63, 3.8) is 0 Å². The molecule has 1 aliphatic rings. The molecule has 2 nitrogen and oxygen atoms in total. The van der Waals surface area contributed by atoms with Crippen molar-refractivity contribution in [1.82, 2.24) is 0 Å². The third-order valence-electron chi connectivity index (χ3n) is 3.86. The zero-order valence-electron chi connectivity index (χ0n) is 12.3. The molecule has 0 radical (unpaired) electrons. The minimum Gasteiger partial charge on any atom is -0.493 e. The SMILES string of the molecule is COc1cc(CBr)cc(Cl)c1OC1CC(C)CC(C)C1. The van der Waals surface area contributed by atoms with Gasteiger partial charge in [0.25, 0.3) is 0 Å². The topological polar surface area (TPSA) is 18.5 Å². The minimum absolute atomic E-state index is 0.231. The van der Waals surface area contributed by atoms with Crippen LogP contribution in [0.5, 0.6) is 11.5 Å². The summed E-state index contributed by atoms with van der Waals surface area (Å²) >= 11 is 9.80. The third kappa shape index (κ3) is 3.82. The average Bonchev–Trinajstić information content (AvgIpc) is 2.39. The quantitative estimate of drug-likeness (QED) is 0.664. The Morgan fingerprint density at radius 3 is 2.40 bits per heavy atom. The lowest BCUT2D eigenvalue weighted by Crippen LogP contribution is -2.28. The van der Waals surface area contributed by atoms with Gasteiger partial charge in [0.1, 0.15) is 0 Å². The van der Waals surface area contributed by atoms with Crippen molar-refractivity contribution in [2.45, 2.75) is 44.5 Å². The van der Waals surface area contributed by atoms with Crippen LogP contribution in [0.15, 0.2) is 12.1 Å². The maximum atomic E-state index is 6.36. The van der Waals surface area contributed by atoms with Gasteiger partial charge in [-0.1, -0.05) is 41.4 Å². The summed E-state index contributed by atoms with van der Waals surface area (Å²) in [4.78, 5) is 0. The van der Waals surface area contributed by atoms with Crippen molar-refractivity contribution < 1.29 is 9.47 Å². The van der Waals surface area contributed by atoms with Crippen LogP contribution in [0.4, 0.5) is 0 Å². The fraction of sp³-hybridized carbons (Fsp3) is 0.625. The number of rotatable bonds is 4. The van der Waals surface area contributed by atoms with E-state index in [0.717, 1.165) is 29.5 Å². The van der Waals surface area contributed by atoms with Gasteiger partial charge in [0.05, 0.1) is 18.2 Å². The van der Waals surface area contributed by atoms with Gasteiger partial charge in [0, 0.05) is 5.33 Å². The molecule has 2 rings (SSSR count). The molecule has 0 aromatic heterocycles. The smallest absolute Gasteiger partial charge is 0.180 e. The van der Waals surface area contributed by atoms with Gasteiger partial charge >= 0.3 is 0 Å². The van der Waals surface area contributed by atoms with E-state index in [0.29, 0.717) is 22.6 Å². The maximum Gasteiger partial charge on any atom is 0.180 e. The van der Waals surface area contributed by atoms with E-state index in [1.165, 1.54) is 6.42 Å². The van der Waals surface area contributed by atoms with Crippen LogP contribution < -0.4 is 9.47 Å². The molecule has 4 heteroatoms. The number of hydrogen-bond donors (Lipinski definition) is 0. The molecule has 1 aromatic rings. The van der Waals surface area contributed by atoms with Crippen LogP contribution in [-0.4, -0.2) is 13.2 Å². The summed E-state index contributed by atoms with van der Waals surface area (Å²) < 4.78 is 11.6. The molecule has 0 bridgehead atoms. The number of benzene rings is 1. The van der Waals surface area contributed by atoms with Gasteiger partial charge < -0.3 is 9.47 Å². The average molecular weight is 362 g/mol. The molecule has 1 aromatic carbocycles. The number of hydrogen-bond acceptors (Lipinski definition) is 2. The molecule has 0 N–H and O–H groups in total. The first-order valence-corrected chi connectivity index (χ1v) is 8.62. The van der Waals surface area contributed by atoms with Crippen LogP contribution in [0.2, 0.25) is 5.02 Å². The van der Waals surface area contributed by atoms with Crippen molar-refractivity contribution in [2.24, 2.45) is 11.8 Å². The molecule has 1 fully saturated rings. The van der Waals surface area contributed by atoms with E-state index in [4.69, 9.17) is 21.1 Å².